The SMILES string of the molecule is CCOc1ccccc1S(=O)(=O)N1CC(c2nc(-c3cccc(C)c3)no2)C1. The van der Waals surface area contributed by atoms with Crippen LogP contribution in [-0.4, -0.2) is 42.6 Å². The molecule has 1 aliphatic heterocycles. The third-order valence-electron chi connectivity index (χ3n) is 4.68. The van der Waals surface area contributed by atoms with Gasteiger partial charge in [0.05, 0.1) is 12.5 Å². The van der Waals surface area contributed by atoms with Gasteiger partial charge in [0.1, 0.15) is 10.6 Å². The fraction of sp³-hybridized carbons (Fsp3) is 0.300. The molecular weight excluding hydrogens is 378 g/mol. The molecule has 146 valence electrons. The van der Waals surface area contributed by atoms with Crippen LogP contribution in [0.4, 0.5) is 0 Å². The highest BCUT2D eigenvalue weighted by Gasteiger charge is 2.41. The van der Waals surface area contributed by atoms with Crippen LogP contribution in [0.1, 0.15) is 24.3 Å². The second-order valence-corrected chi connectivity index (χ2v) is 8.63. The topological polar surface area (TPSA) is 85.5 Å². The van der Waals surface area contributed by atoms with Crippen molar-refractivity contribution < 1.29 is 17.7 Å². The molecule has 7 nitrogen and oxygen atoms in total. The molecule has 0 radical (unpaired) electrons. The van der Waals surface area contributed by atoms with Crippen molar-refractivity contribution in [3.63, 3.8) is 0 Å². The Morgan fingerprint density at radius 3 is 2.71 bits per heavy atom. The summed E-state index contributed by atoms with van der Waals surface area (Å²) in [5.74, 6) is 1.23. The first kappa shape index (κ1) is 18.6. The fourth-order valence-corrected chi connectivity index (χ4v) is 4.83. The van der Waals surface area contributed by atoms with Crippen LogP contribution in [0.15, 0.2) is 57.9 Å². The van der Waals surface area contributed by atoms with Crippen LogP contribution in [0.2, 0.25) is 0 Å². The molecule has 28 heavy (non-hydrogen) atoms. The number of aromatic nitrogens is 2. The molecule has 1 aromatic heterocycles. The zero-order chi connectivity index (χ0) is 19.7. The summed E-state index contributed by atoms with van der Waals surface area (Å²) in [4.78, 5) is 4.64. The van der Waals surface area contributed by atoms with Gasteiger partial charge in [-0.1, -0.05) is 41.1 Å². The van der Waals surface area contributed by atoms with Crippen LogP contribution in [-0.2, 0) is 10.0 Å². The zero-order valence-corrected chi connectivity index (χ0v) is 16.5. The predicted octanol–water partition coefficient (Wildman–Crippen LogP) is 3.23. The minimum absolute atomic E-state index is 0.111. The van der Waals surface area contributed by atoms with Gasteiger partial charge in [-0.2, -0.15) is 9.29 Å². The van der Waals surface area contributed by atoms with Gasteiger partial charge in [-0.15, -0.1) is 0 Å². The van der Waals surface area contributed by atoms with Gasteiger partial charge < -0.3 is 9.26 Å². The van der Waals surface area contributed by atoms with Gasteiger partial charge in [-0.05, 0) is 32.0 Å². The number of ether oxygens (including phenoxy) is 1. The van der Waals surface area contributed by atoms with Gasteiger partial charge in [0.25, 0.3) is 0 Å². The number of aryl methyl sites for hydroxylation is 1. The average molecular weight is 399 g/mol. The van der Waals surface area contributed by atoms with E-state index >= 15 is 0 Å². The minimum atomic E-state index is -3.63. The van der Waals surface area contributed by atoms with Crippen molar-refractivity contribution in [1.29, 1.82) is 0 Å². The molecule has 1 saturated heterocycles. The highest BCUT2D eigenvalue weighted by molar-refractivity contribution is 7.89. The highest BCUT2D eigenvalue weighted by atomic mass is 32.2. The van der Waals surface area contributed by atoms with Gasteiger partial charge in [0.15, 0.2) is 0 Å². The van der Waals surface area contributed by atoms with E-state index in [4.69, 9.17) is 9.26 Å². The fourth-order valence-electron chi connectivity index (χ4n) is 3.17. The molecular formula is C20H21N3O4S. The van der Waals surface area contributed by atoms with E-state index in [1.807, 2.05) is 38.1 Å². The standard InChI is InChI=1S/C20H21N3O4S/c1-3-26-17-9-4-5-10-18(17)28(24,25)23-12-16(13-23)20-21-19(22-27-20)15-8-6-7-14(2)11-15/h4-11,16H,3,12-13H2,1-2H3. The monoisotopic (exact) mass is 399 g/mol. The molecule has 0 amide bonds. The molecule has 1 fully saturated rings. The van der Waals surface area contributed by atoms with E-state index in [1.165, 1.54) is 4.31 Å². The Labute approximate surface area is 164 Å². The minimum Gasteiger partial charge on any atom is -0.492 e. The Bertz CT molecular complexity index is 1090. The highest BCUT2D eigenvalue weighted by Crippen LogP contribution is 2.35. The molecule has 2 heterocycles. The smallest absolute Gasteiger partial charge is 0.246 e. The van der Waals surface area contributed by atoms with E-state index in [0.29, 0.717) is 37.2 Å². The van der Waals surface area contributed by atoms with Crippen molar-refractivity contribution in [2.24, 2.45) is 0 Å². The quantitative estimate of drug-likeness (QED) is 0.633. The molecule has 0 saturated carbocycles. The van der Waals surface area contributed by atoms with Gasteiger partial charge in [-0.3, -0.25) is 0 Å². The molecule has 0 atom stereocenters. The lowest BCUT2D eigenvalue weighted by molar-refractivity contribution is 0.216. The Morgan fingerprint density at radius 2 is 1.96 bits per heavy atom. The number of sulfonamides is 1. The molecule has 3 aromatic rings. The number of para-hydroxylation sites is 1. The van der Waals surface area contributed by atoms with E-state index in [9.17, 15) is 8.42 Å². The zero-order valence-electron chi connectivity index (χ0n) is 15.7. The molecule has 0 aliphatic carbocycles. The molecule has 1 aliphatic rings. The summed E-state index contributed by atoms with van der Waals surface area (Å²) in [6, 6.07) is 14.5. The molecule has 0 N–H and O–H groups in total. The summed E-state index contributed by atoms with van der Waals surface area (Å²) < 4.78 is 38.1. The molecule has 0 spiro atoms. The summed E-state index contributed by atoms with van der Waals surface area (Å²) in [6.07, 6.45) is 0. The summed E-state index contributed by atoms with van der Waals surface area (Å²) in [5, 5.41) is 4.04. The number of hydrogen-bond acceptors (Lipinski definition) is 6. The summed E-state index contributed by atoms with van der Waals surface area (Å²) in [6.45, 7) is 4.83. The predicted molar refractivity (Wildman–Crippen MR) is 104 cm³/mol. The third-order valence-corrected chi connectivity index (χ3v) is 6.55. The van der Waals surface area contributed by atoms with Crippen LogP contribution in [0.25, 0.3) is 11.4 Å². The van der Waals surface area contributed by atoms with Crippen LogP contribution in [0.5, 0.6) is 5.75 Å². The molecule has 0 unspecified atom stereocenters. The van der Waals surface area contributed by atoms with E-state index in [1.54, 1.807) is 24.3 Å². The van der Waals surface area contributed by atoms with E-state index in [2.05, 4.69) is 10.1 Å². The van der Waals surface area contributed by atoms with Crippen LogP contribution in [0, 0.1) is 6.92 Å². The first-order valence-corrected chi connectivity index (χ1v) is 10.6. The lowest BCUT2D eigenvalue weighted by atomic mass is 10.0. The van der Waals surface area contributed by atoms with Gasteiger partial charge >= 0.3 is 0 Å². The molecule has 8 heteroatoms. The Balaban J connectivity index is 1.49. The number of rotatable bonds is 6. The molecule has 4 rings (SSSR count). The van der Waals surface area contributed by atoms with Gasteiger partial charge in [0.2, 0.25) is 21.7 Å². The van der Waals surface area contributed by atoms with Gasteiger partial charge in [0, 0.05) is 18.7 Å². The van der Waals surface area contributed by atoms with E-state index < -0.39 is 10.0 Å². The second-order valence-electron chi connectivity index (χ2n) is 6.72. The Hall–Kier alpha value is -2.71. The lowest BCUT2D eigenvalue weighted by Gasteiger charge is -2.36. The first-order valence-electron chi connectivity index (χ1n) is 9.11. The summed E-state index contributed by atoms with van der Waals surface area (Å²) >= 11 is 0. The van der Waals surface area contributed by atoms with Crippen molar-refractivity contribution >= 4 is 10.0 Å². The Morgan fingerprint density at radius 1 is 1.18 bits per heavy atom. The van der Waals surface area contributed by atoms with Crippen LogP contribution >= 0.6 is 0 Å². The molecule has 2 aromatic carbocycles. The van der Waals surface area contributed by atoms with Crippen molar-refractivity contribution in [1.82, 2.24) is 14.4 Å². The maximum Gasteiger partial charge on any atom is 0.246 e. The van der Waals surface area contributed by atoms with E-state index in [-0.39, 0.29) is 10.8 Å². The number of nitrogens with zero attached hydrogens (tertiary/aromatic N) is 3. The summed E-state index contributed by atoms with van der Waals surface area (Å²) in [7, 11) is -3.63. The lowest BCUT2D eigenvalue weighted by Crippen LogP contribution is -2.48. The summed E-state index contributed by atoms with van der Waals surface area (Å²) in [5.41, 5.74) is 1.99. The molecule has 0 bridgehead atoms. The van der Waals surface area contributed by atoms with Crippen molar-refractivity contribution in [3.05, 3.63) is 60.0 Å². The van der Waals surface area contributed by atoms with Crippen LogP contribution < -0.4 is 4.74 Å². The Kier molecular flexibility index (Phi) is 4.91. The number of hydrogen-bond donors (Lipinski definition) is 0. The normalized spacial score (nSPS) is 15.4. The maximum atomic E-state index is 12.9. The van der Waals surface area contributed by atoms with Gasteiger partial charge in [-0.25, -0.2) is 8.42 Å². The van der Waals surface area contributed by atoms with Crippen molar-refractivity contribution in [3.8, 4) is 17.1 Å². The second kappa shape index (κ2) is 7.37. The first-order chi connectivity index (χ1) is 13.5. The van der Waals surface area contributed by atoms with Crippen LogP contribution in [0.3, 0.4) is 0 Å². The third kappa shape index (κ3) is 3.41. The van der Waals surface area contributed by atoms with E-state index in [0.717, 1.165) is 11.1 Å². The van der Waals surface area contributed by atoms with Crippen molar-refractivity contribution in [2.75, 3.05) is 19.7 Å². The maximum absolute atomic E-state index is 12.9. The van der Waals surface area contributed by atoms with Crippen molar-refractivity contribution in [2.45, 2.75) is 24.7 Å². The average Bonchev–Trinajstić information content (AvgIpc) is 3.10. The largest absolute Gasteiger partial charge is 0.492 e. The number of benzene rings is 2.